The zero-order valence-corrected chi connectivity index (χ0v) is 16.1. The van der Waals surface area contributed by atoms with Crippen molar-refractivity contribution in [3.05, 3.63) is 54.4 Å². The molecule has 7 nitrogen and oxygen atoms in total. The van der Waals surface area contributed by atoms with Crippen LogP contribution in [-0.2, 0) is 4.74 Å². The fourth-order valence-electron chi connectivity index (χ4n) is 2.61. The molecule has 2 heterocycles. The van der Waals surface area contributed by atoms with Crippen LogP contribution < -0.4 is 10.1 Å². The van der Waals surface area contributed by atoms with Crippen molar-refractivity contribution in [3.63, 3.8) is 0 Å². The van der Waals surface area contributed by atoms with E-state index in [1.54, 1.807) is 19.5 Å². The summed E-state index contributed by atoms with van der Waals surface area (Å²) in [5.41, 5.74) is 2.68. The Morgan fingerprint density at radius 3 is 2.66 bits per heavy atom. The van der Waals surface area contributed by atoms with Gasteiger partial charge < -0.3 is 19.4 Å². The Balaban J connectivity index is 1.76. The first-order valence-electron chi connectivity index (χ1n) is 8.72. The standard InChI is InChI=1S/C19H20F3N5O2/c1-12-9-27(11-24-12)16-5-4-14(8-17(16)28-3)25-18-23-7-6-15(26-18)13(2)29-10-19(20,21)22/h4-9,11,13H,10H2,1-3H3,(H,23,25,26). The summed E-state index contributed by atoms with van der Waals surface area (Å²) in [5.74, 6) is 0.837. The molecule has 0 aliphatic carbocycles. The van der Waals surface area contributed by atoms with Gasteiger partial charge in [-0.2, -0.15) is 13.2 Å². The zero-order valence-electron chi connectivity index (χ0n) is 16.1. The highest BCUT2D eigenvalue weighted by Crippen LogP contribution is 2.28. The van der Waals surface area contributed by atoms with Crippen molar-refractivity contribution in [2.24, 2.45) is 0 Å². The zero-order chi connectivity index (χ0) is 21.0. The number of halogens is 3. The topological polar surface area (TPSA) is 74.1 Å². The van der Waals surface area contributed by atoms with Crippen LogP contribution in [0.25, 0.3) is 5.69 Å². The van der Waals surface area contributed by atoms with Gasteiger partial charge in [0.1, 0.15) is 12.4 Å². The molecule has 0 aliphatic rings. The molecule has 0 saturated carbocycles. The molecule has 2 aromatic heterocycles. The van der Waals surface area contributed by atoms with E-state index in [2.05, 4.69) is 20.3 Å². The predicted molar refractivity (Wildman–Crippen MR) is 101 cm³/mol. The molecular weight excluding hydrogens is 387 g/mol. The minimum atomic E-state index is -4.39. The van der Waals surface area contributed by atoms with Gasteiger partial charge >= 0.3 is 6.18 Å². The maximum absolute atomic E-state index is 12.3. The van der Waals surface area contributed by atoms with E-state index in [1.165, 1.54) is 19.2 Å². The number of nitrogens with zero attached hydrogens (tertiary/aromatic N) is 4. The Hall–Kier alpha value is -3.14. The van der Waals surface area contributed by atoms with Gasteiger partial charge in [-0.3, -0.25) is 0 Å². The SMILES string of the molecule is COc1cc(Nc2nccc(C(C)OCC(F)(F)F)n2)ccc1-n1cnc(C)c1. The number of rotatable bonds is 7. The van der Waals surface area contributed by atoms with Crippen molar-refractivity contribution < 1.29 is 22.6 Å². The molecule has 0 radical (unpaired) electrons. The molecule has 0 fully saturated rings. The predicted octanol–water partition coefficient (Wildman–Crippen LogP) is 4.36. The van der Waals surface area contributed by atoms with Crippen LogP contribution in [0.15, 0.2) is 43.0 Å². The molecule has 1 aromatic carbocycles. The van der Waals surface area contributed by atoms with E-state index in [4.69, 9.17) is 9.47 Å². The molecule has 154 valence electrons. The average Bonchev–Trinajstić information content (AvgIpc) is 3.11. The lowest BCUT2D eigenvalue weighted by molar-refractivity contribution is -0.184. The van der Waals surface area contributed by atoms with Gasteiger partial charge in [-0.1, -0.05) is 0 Å². The third-order valence-electron chi connectivity index (χ3n) is 4.02. The lowest BCUT2D eigenvalue weighted by Crippen LogP contribution is -2.19. The number of anilines is 2. The van der Waals surface area contributed by atoms with E-state index in [0.717, 1.165) is 11.4 Å². The van der Waals surface area contributed by atoms with Gasteiger partial charge in [0.15, 0.2) is 0 Å². The van der Waals surface area contributed by atoms with Crippen LogP contribution in [0.2, 0.25) is 0 Å². The number of methoxy groups -OCH3 is 1. The van der Waals surface area contributed by atoms with Crippen LogP contribution in [0.3, 0.4) is 0 Å². The first kappa shape index (κ1) is 20.6. The smallest absolute Gasteiger partial charge is 0.411 e. The molecule has 0 spiro atoms. The summed E-state index contributed by atoms with van der Waals surface area (Å²) < 4.78 is 49.1. The summed E-state index contributed by atoms with van der Waals surface area (Å²) in [6.45, 7) is 2.05. The number of imidazole rings is 1. The number of aryl methyl sites for hydroxylation is 1. The highest BCUT2D eigenvalue weighted by molar-refractivity contribution is 5.62. The summed E-state index contributed by atoms with van der Waals surface area (Å²) >= 11 is 0. The minimum Gasteiger partial charge on any atom is -0.494 e. The number of aromatic nitrogens is 4. The molecule has 1 atom stereocenters. The number of benzene rings is 1. The molecular formula is C19H20F3N5O2. The Morgan fingerprint density at radius 2 is 2.00 bits per heavy atom. The second-order valence-corrected chi connectivity index (χ2v) is 6.31. The average molecular weight is 407 g/mol. The second-order valence-electron chi connectivity index (χ2n) is 6.31. The molecule has 3 aromatic rings. The number of nitrogens with one attached hydrogen (secondary N) is 1. The lowest BCUT2D eigenvalue weighted by Gasteiger charge is -2.15. The van der Waals surface area contributed by atoms with Crippen LogP contribution in [0.5, 0.6) is 5.75 Å². The van der Waals surface area contributed by atoms with Crippen molar-refractivity contribution in [1.82, 2.24) is 19.5 Å². The van der Waals surface area contributed by atoms with Crippen LogP contribution in [0, 0.1) is 6.92 Å². The van der Waals surface area contributed by atoms with Crippen molar-refractivity contribution in [3.8, 4) is 11.4 Å². The van der Waals surface area contributed by atoms with Crippen molar-refractivity contribution in [2.75, 3.05) is 19.0 Å². The second kappa shape index (κ2) is 8.48. The Bertz CT molecular complexity index is 974. The van der Waals surface area contributed by atoms with Gasteiger partial charge in [0.2, 0.25) is 5.95 Å². The lowest BCUT2D eigenvalue weighted by atomic mass is 10.2. The van der Waals surface area contributed by atoms with Crippen molar-refractivity contribution in [2.45, 2.75) is 26.1 Å². The van der Waals surface area contributed by atoms with E-state index >= 15 is 0 Å². The molecule has 0 bridgehead atoms. The highest BCUT2D eigenvalue weighted by Gasteiger charge is 2.29. The summed E-state index contributed by atoms with van der Waals surface area (Å²) in [5, 5.41) is 3.03. The van der Waals surface area contributed by atoms with E-state index in [1.807, 2.05) is 29.8 Å². The molecule has 29 heavy (non-hydrogen) atoms. The quantitative estimate of drug-likeness (QED) is 0.627. The van der Waals surface area contributed by atoms with Gasteiger partial charge in [-0.05, 0) is 32.0 Å². The van der Waals surface area contributed by atoms with Crippen LogP contribution in [0.4, 0.5) is 24.8 Å². The molecule has 0 amide bonds. The number of hydrogen-bond donors (Lipinski definition) is 1. The van der Waals surface area contributed by atoms with Crippen LogP contribution in [-0.4, -0.2) is 39.4 Å². The fraction of sp³-hybridized carbons (Fsp3) is 0.316. The van der Waals surface area contributed by atoms with E-state index in [0.29, 0.717) is 17.1 Å². The molecule has 0 saturated heterocycles. The first-order valence-corrected chi connectivity index (χ1v) is 8.72. The molecule has 1 unspecified atom stereocenters. The largest absolute Gasteiger partial charge is 0.494 e. The van der Waals surface area contributed by atoms with Gasteiger partial charge in [0.05, 0.1) is 36.6 Å². The number of alkyl halides is 3. The van der Waals surface area contributed by atoms with Crippen LogP contribution >= 0.6 is 0 Å². The maximum Gasteiger partial charge on any atom is 0.411 e. The van der Waals surface area contributed by atoms with E-state index < -0.39 is 18.9 Å². The molecule has 3 rings (SSSR count). The summed E-state index contributed by atoms with van der Waals surface area (Å²) in [4.78, 5) is 12.6. The van der Waals surface area contributed by atoms with Gasteiger partial charge in [-0.15, -0.1) is 0 Å². The van der Waals surface area contributed by atoms with Crippen molar-refractivity contribution >= 4 is 11.6 Å². The maximum atomic E-state index is 12.3. The Morgan fingerprint density at radius 1 is 1.21 bits per heavy atom. The monoisotopic (exact) mass is 407 g/mol. The minimum absolute atomic E-state index is 0.234. The van der Waals surface area contributed by atoms with Gasteiger partial charge in [0.25, 0.3) is 0 Å². The first-order chi connectivity index (χ1) is 13.7. The summed E-state index contributed by atoms with van der Waals surface area (Å²) in [6.07, 6.45) is -0.205. The van der Waals surface area contributed by atoms with Gasteiger partial charge in [0, 0.05) is 24.1 Å². The molecule has 0 aliphatic heterocycles. The van der Waals surface area contributed by atoms with Crippen molar-refractivity contribution in [1.29, 1.82) is 0 Å². The molecule has 10 heteroatoms. The normalized spacial score (nSPS) is 12.6. The van der Waals surface area contributed by atoms with E-state index in [-0.39, 0.29) is 5.95 Å². The fourth-order valence-corrected chi connectivity index (χ4v) is 2.61. The van der Waals surface area contributed by atoms with E-state index in [9.17, 15) is 13.2 Å². The summed E-state index contributed by atoms with van der Waals surface area (Å²) in [6, 6.07) is 6.94. The van der Waals surface area contributed by atoms with Gasteiger partial charge in [-0.25, -0.2) is 15.0 Å². The summed E-state index contributed by atoms with van der Waals surface area (Å²) in [7, 11) is 1.56. The molecule has 1 N–H and O–H groups in total. The number of ether oxygens (including phenoxy) is 2. The third kappa shape index (κ3) is 5.44. The third-order valence-corrected chi connectivity index (χ3v) is 4.02. The Labute approximate surface area is 165 Å². The number of hydrogen-bond acceptors (Lipinski definition) is 6. The highest BCUT2D eigenvalue weighted by atomic mass is 19.4. The van der Waals surface area contributed by atoms with Crippen LogP contribution in [0.1, 0.15) is 24.4 Å². The Kier molecular flexibility index (Phi) is 6.02.